The molecule has 35 heavy (non-hydrogen) atoms. The molecule has 1 aliphatic rings. The Morgan fingerprint density at radius 3 is 2.77 bits per heavy atom. The standard InChI is InChI=1S/C23H26ClFN8O2/c1-32-5-2-6-33(8-7-32)12-23(35)29-22-11-21(26-14-27-22)28-19-10-18(30-31-20(19)13-34)16-9-15(24)3-4-17(16)25/h3-4,9-11,14,34H,2,5-8,12-13H2,1H3,(H2,26,27,28,29,30,35). The van der Waals surface area contributed by atoms with E-state index in [9.17, 15) is 14.3 Å². The largest absolute Gasteiger partial charge is 0.390 e. The van der Waals surface area contributed by atoms with Crippen LogP contribution in [-0.2, 0) is 11.4 Å². The highest BCUT2D eigenvalue weighted by molar-refractivity contribution is 6.30. The number of amides is 1. The number of aliphatic hydroxyl groups excluding tert-OH is 1. The van der Waals surface area contributed by atoms with Gasteiger partial charge in [0.15, 0.2) is 0 Å². The fourth-order valence-corrected chi connectivity index (χ4v) is 3.92. The predicted molar refractivity (Wildman–Crippen MR) is 131 cm³/mol. The summed E-state index contributed by atoms with van der Waals surface area (Å²) in [6.07, 6.45) is 2.32. The minimum absolute atomic E-state index is 0.167. The van der Waals surface area contributed by atoms with Crippen LogP contribution in [0.1, 0.15) is 12.1 Å². The fourth-order valence-electron chi connectivity index (χ4n) is 3.74. The van der Waals surface area contributed by atoms with Crippen molar-refractivity contribution in [3.8, 4) is 11.3 Å². The van der Waals surface area contributed by atoms with Gasteiger partial charge in [-0.2, -0.15) is 5.10 Å². The van der Waals surface area contributed by atoms with Crippen molar-refractivity contribution in [3.63, 3.8) is 0 Å². The maximum atomic E-state index is 14.3. The molecule has 184 valence electrons. The molecule has 0 saturated carbocycles. The molecule has 10 nitrogen and oxygen atoms in total. The van der Waals surface area contributed by atoms with Crippen LogP contribution in [0.15, 0.2) is 36.7 Å². The Morgan fingerprint density at radius 1 is 1.11 bits per heavy atom. The number of halogens is 2. The maximum absolute atomic E-state index is 14.3. The monoisotopic (exact) mass is 500 g/mol. The molecule has 2 aromatic heterocycles. The first-order valence-corrected chi connectivity index (χ1v) is 11.5. The van der Waals surface area contributed by atoms with Gasteiger partial charge >= 0.3 is 0 Å². The Bertz CT molecular complexity index is 1200. The summed E-state index contributed by atoms with van der Waals surface area (Å²) in [5, 5.41) is 23.9. The van der Waals surface area contributed by atoms with Gasteiger partial charge in [-0.25, -0.2) is 14.4 Å². The number of aliphatic hydroxyl groups is 1. The summed E-state index contributed by atoms with van der Waals surface area (Å²) in [4.78, 5) is 25.2. The van der Waals surface area contributed by atoms with Gasteiger partial charge in [-0.3, -0.25) is 9.69 Å². The van der Waals surface area contributed by atoms with Crippen LogP contribution in [-0.4, -0.2) is 80.8 Å². The number of rotatable bonds is 7. The molecule has 0 unspecified atom stereocenters. The van der Waals surface area contributed by atoms with E-state index in [1.54, 1.807) is 12.1 Å². The van der Waals surface area contributed by atoms with Gasteiger partial charge in [0.2, 0.25) is 5.91 Å². The molecule has 1 saturated heterocycles. The molecule has 0 bridgehead atoms. The smallest absolute Gasteiger partial charge is 0.239 e. The minimum atomic E-state index is -0.505. The Labute approximate surface area is 207 Å². The normalized spacial score (nSPS) is 15.0. The van der Waals surface area contributed by atoms with E-state index in [-0.39, 0.29) is 29.4 Å². The van der Waals surface area contributed by atoms with E-state index in [1.165, 1.54) is 24.5 Å². The zero-order valence-corrected chi connectivity index (χ0v) is 20.0. The van der Waals surface area contributed by atoms with Crippen LogP contribution in [0.4, 0.5) is 21.7 Å². The van der Waals surface area contributed by atoms with Crippen molar-refractivity contribution in [3.05, 3.63) is 53.2 Å². The first-order valence-electron chi connectivity index (χ1n) is 11.1. The number of likely N-dealkylation sites (N-methyl/N-ethyl adjacent to an activating group) is 1. The number of carbonyl (C=O) groups excluding carboxylic acids is 1. The van der Waals surface area contributed by atoms with E-state index < -0.39 is 12.4 Å². The molecule has 1 aliphatic heterocycles. The molecule has 0 atom stereocenters. The lowest BCUT2D eigenvalue weighted by molar-refractivity contribution is -0.117. The number of hydrogen-bond acceptors (Lipinski definition) is 9. The van der Waals surface area contributed by atoms with Crippen molar-refractivity contribution in [1.29, 1.82) is 0 Å². The van der Waals surface area contributed by atoms with E-state index in [0.29, 0.717) is 22.3 Å². The van der Waals surface area contributed by atoms with Crippen molar-refractivity contribution in [2.75, 3.05) is 50.4 Å². The Hall–Kier alpha value is -3.25. The van der Waals surface area contributed by atoms with Crippen LogP contribution in [0, 0.1) is 5.82 Å². The van der Waals surface area contributed by atoms with E-state index in [1.807, 2.05) is 0 Å². The van der Waals surface area contributed by atoms with Crippen LogP contribution < -0.4 is 10.6 Å². The van der Waals surface area contributed by atoms with Crippen LogP contribution in [0.2, 0.25) is 5.02 Å². The van der Waals surface area contributed by atoms with Gasteiger partial charge in [-0.1, -0.05) is 11.6 Å². The first kappa shape index (κ1) is 24.9. The average molecular weight is 501 g/mol. The number of anilines is 3. The fraction of sp³-hybridized carbons (Fsp3) is 0.348. The molecule has 0 radical (unpaired) electrons. The first-order chi connectivity index (χ1) is 16.9. The predicted octanol–water partition coefficient (Wildman–Crippen LogP) is 2.54. The van der Waals surface area contributed by atoms with Crippen molar-refractivity contribution < 1.29 is 14.3 Å². The number of nitrogens with zero attached hydrogens (tertiary/aromatic N) is 6. The van der Waals surface area contributed by atoms with E-state index in [4.69, 9.17) is 11.6 Å². The van der Waals surface area contributed by atoms with Gasteiger partial charge in [-0.15, -0.1) is 5.10 Å². The Balaban J connectivity index is 1.48. The molecule has 3 heterocycles. The second-order valence-corrected chi connectivity index (χ2v) is 8.70. The van der Waals surface area contributed by atoms with Crippen molar-refractivity contribution >= 4 is 34.8 Å². The van der Waals surface area contributed by atoms with Crippen molar-refractivity contribution in [1.82, 2.24) is 30.0 Å². The molecular weight excluding hydrogens is 475 g/mol. The van der Waals surface area contributed by atoms with Gasteiger partial charge in [0, 0.05) is 29.7 Å². The quantitative estimate of drug-likeness (QED) is 0.449. The molecule has 0 spiro atoms. The summed E-state index contributed by atoms with van der Waals surface area (Å²) >= 11 is 6.00. The molecule has 1 amide bonds. The molecule has 4 rings (SSSR count). The number of aromatic nitrogens is 4. The highest BCUT2D eigenvalue weighted by atomic mass is 35.5. The third kappa shape index (κ3) is 6.67. The van der Waals surface area contributed by atoms with Gasteiger partial charge in [0.1, 0.15) is 29.5 Å². The second-order valence-electron chi connectivity index (χ2n) is 8.27. The van der Waals surface area contributed by atoms with Gasteiger partial charge in [0.25, 0.3) is 0 Å². The third-order valence-electron chi connectivity index (χ3n) is 5.60. The van der Waals surface area contributed by atoms with Crippen molar-refractivity contribution in [2.45, 2.75) is 13.0 Å². The topological polar surface area (TPSA) is 119 Å². The zero-order chi connectivity index (χ0) is 24.8. The summed E-state index contributed by atoms with van der Waals surface area (Å²) in [7, 11) is 2.08. The van der Waals surface area contributed by atoms with Crippen LogP contribution in [0.3, 0.4) is 0 Å². The summed E-state index contributed by atoms with van der Waals surface area (Å²) in [6, 6.07) is 7.25. The van der Waals surface area contributed by atoms with E-state index in [2.05, 4.69) is 47.6 Å². The second kappa shape index (κ2) is 11.5. The molecule has 1 aromatic carbocycles. The molecule has 0 aliphatic carbocycles. The number of benzene rings is 1. The molecule has 1 fully saturated rings. The van der Waals surface area contributed by atoms with Crippen LogP contribution >= 0.6 is 11.6 Å². The lowest BCUT2D eigenvalue weighted by atomic mass is 10.1. The lowest BCUT2D eigenvalue weighted by Gasteiger charge is -2.19. The molecule has 12 heteroatoms. The van der Waals surface area contributed by atoms with Crippen molar-refractivity contribution in [2.24, 2.45) is 0 Å². The summed E-state index contributed by atoms with van der Waals surface area (Å²) in [5.74, 6) is 0.00839. The van der Waals surface area contributed by atoms with Gasteiger partial charge in [-0.05, 0) is 50.8 Å². The van der Waals surface area contributed by atoms with Gasteiger partial charge < -0.3 is 20.6 Å². The highest BCUT2D eigenvalue weighted by Gasteiger charge is 2.16. The van der Waals surface area contributed by atoms with E-state index >= 15 is 0 Å². The van der Waals surface area contributed by atoms with Crippen LogP contribution in [0.25, 0.3) is 11.3 Å². The molecular formula is C23H26ClFN8O2. The SMILES string of the molecule is CN1CCCN(CC(=O)Nc2cc(Nc3cc(-c4cc(Cl)ccc4F)nnc3CO)ncn2)CC1. The summed E-state index contributed by atoms with van der Waals surface area (Å²) < 4.78 is 14.3. The lowest BCUT2D eigenvalue weighted by Crippen LogP contribution is -2.36. The maximum Gasteiger partial charge on any atom is 0.239 e. The Kier molecular flexibility index (Phi) is 8.13. The van der Waals surface area contributed by atoms with E-state index in [0.717, 1.165) is 32.6 Å². The zero-order valence-electron chi connectivity index (χ0n) is 19.2. The Morgan fingerprint density at radius 2 is 1.94 bits per heavy atom. The number of hydrogen-bond donors (Lipinski definition) is 3. The number of carbonyl (C=O) groups is 1. The molecule has 3 aromatic rings. The number of nitrogens with one attached hydrogen (secondary N) is 2. The van der Waals surface area contributed by atoms with Crippen LogP contribution in [0.5, 0.6) is 0 Å². The third-order valence-corrected chi connectivity index (χ3v) is 5.84. The summed E-state index contributed by atoms with van der Waals surface area (Å²) in [5.41, 5.74) is 1.02. The summed E-state index contributed by atoms with van der Waals surface area (Å²) in [6.45, 7) is 3.51. The highest BCUT2D eigenvalue weighted by Crippen LogP contribution is 2.28. The molecule has 3 N–H and O–H groups in total. The minimum Gasteiger partial charge on any atom is -0.390 e. The van der Waals surface area contributed by atoms with Gasteiger partial charge in [0.05, 0.1) is 24.5 Å². The average Bonchev–Trinajstić information content (AvgIpc) is 3.04.